The van der Waals surface area contributed by atoms with Crippen LogP contribution in [0.4, 0.5) is 0 Å². The molecule has 0 radical (unpaired) electrons. The first-order valence-electron chi connectivity index (χ1n) is 43.3. The topological polar surface area (TPSA) is 175 Å². The van der Waals surface area contributed by atoms with E-state index in [1.165, 1.54) is 232 Å². The van der Waals surface area contributed by atoms with Gasteiger partial charge >= 0.3 is 29.8 Å². The second-order valence-electron chi connectivity index (χ2n) is 29.5. The summed E-state index contributed by atoms with van der Waals surface area (Å²) in [5.74, 6) is 2.08. The zero-order valence-corrected chi connectivity index (χ0v) is 75.3. The Hall–Kier alpha value is -8.70. The molecule has 0 unspecified atom stereocenters. The summed E-state index contributed by atoms with van der Waals surface area (Å²) in [4.78, 5) is 61.7. The van der Waals surface area contributed by atoms with Crippen LogP contribution in [0.15, 0.2) is 267 Å². The lowest BCUT2D eigenvalue weighted by atomic mass is 10.0. The van der Waals surface area contributed by atoms with Crippen molar-refractivity contribution < 1.29 is 49.1 Å². The van der Waals surface area contributed by atoms with Gasteiger partial charge in [0.15, 0.2) is 0 Å². The second kappa shape index (κ2) is 60.7. The fourth-order valence-electron chi connectivity index (χ4n) is 12.8. The molecule has 0 aliphatic carbocycles. The van der Waals surface area contributed by atoms with Crippen molar-refractivity contribution in [2.75, 3.05) is 35.4 Å². The average Bonchev–Trinajstić information content (AvgIpc) is 0.872. The molecule has 0 fully saturated rings. The maximum absolute atomic E-state index is 11.7. The van der Waals surface area contributed by atoms with Crippen LogP contribution in [-0.2, 0) is 4.74 Å². The Balaban J connectivity index is 0.000000231. The van der Waals surface area contributed by atoms with Gasteiger partial charge in [-0.3, -0.25) is 0 Å². The molecule has 0 aliphatic rings. The summed E-state index contributed by atoms with van der Waals surface area (Å²) in [5, 5.41) is 35.8. The highest BCUT2D eigenvalue weighted by molar-refractivity contribution is 8.00. The summed E-state index contributed by atoms with van der Waals surface area (Å²) >= 11 is 9.58. The van der Waals surface area contributed by atoms with Gasteiger partial charge in [-0.2, -0.15) is 0 Å². The molecule has 0 spiro atoms. The van der Waals surface area contributed by atoms with Gasteiger partial charge in [-0.1, -0.05) is 297 Å². The number of carbonyl (C=O) groups is 5. The molecule has 15 heteroatoms. The van der Waals surface area contributed by atoms with Crippen LogP contribution in [0.5, 0.6) is 0 Å². The summed E-state index contributed by atoms with van der Waals surface area (Å²) in [6, 6.07) is 78.4. The molecule has 10 aromatic carbocycles. The van der Waals surface area contributed by atoms with Gasteiger partial charge in [0.2, 0.25) is 0 Å². The molecule has 0 bridgehead atoms. The summed E-state index contributed by atoms with van der Waals surface area (Å²) in [7, 11) is 0. The lowest BCUT2D eigenvalue weighted by Gasteiger charge is -2.06. The van der Waals surface area contributed by atoms with Gasteiger partial charge in [-0.25, -0.2) is 24.0 Å². The van der Waals surface area contributed by atoms with E-state index in [9.17, 15) is 24.0 Å². The number of esters is 1. The third-order valence-corrected chi connectivity index (χ3v) is 25.4. The van der Waals surface area contributed by atoms with Crippen LogP contribution in [0.25, 0.3) is 55.6 Å². The van der Waals surface area contributed by atoms with Crippen molar-refractivity contribution in [3.8, 4) is 55.6 Å². The first kappa shape index (κ1) is 99.1. The Morgan fingerprint density at radius 3 is 0.521 bits per heavy atom. The summed E-state index contributed by atoms with van der Waals surface area (Å²) in [6.45, 7) is 13.4. The summed E-state index contributed by atoms with van der Waals surface area (Å²) in [6.07, 6.45) is 36.0. The standard InChI is InChI=1S/C23H30O2S.C22H28O2S.2C20H24O2S.C19H22O2S/c1-2-3-4-5-6-7-8-9-18-26-22-16-14-20(15-17-22)19-10-12-21(13-11-19)23(24)25;1-2-3-4-5-6-7-8-17-25-21-15-13-19(14-16-21)18-9-11-20(12-10-18)22(23)24;1-3-5-6-15-23-19-13-11-17(12-14-19)16-7-9-18(10-8-16)20(21)22-4-2;1-2-3-4-5-6-15-23-19-13-11-17(12-14-19)16-7-9-18(10-8-16)20(21)22;1-2-3-4-5-14-22-18-12-10-16(11-13-18)15-6-8-17(9-7-15)19(20)21/h10-17H,2-9,18H2,1H3,(H,24,25);9-16H,2-8,17H2,1H3,(H,23,24);7-14H,3-6,15H2,1-2H3;7-14H,2-6,15H2,1H3,(H,21,22);6-13H,2-5,14H2,1H3,(H,20,21). The van der Waals surface area contributed by atoms with E-state index in [-0.39, 0.29) is 5.97 Å². The van der Waals surface area contributed by atoms with Crippen molar-refractivity contribution in [1.82, 2.24) is 0 Å². The first-order valence-corrected chi connectivity index (χ1v) is 48.3. The SMILES string of the molecule is CCCCCCCCCCSc1ccc(-c2ccc(C(=O)O)cc2)cc1.CCCCCCCCCSc1ccc(-c2ccc(C(=O)O)cc2)cc1.CCCCCCCSc1ccc(-c2ccc(C(=O)O)cc2)cc1.CCCCCCSc1ccc(-c2ccc(C(=O)O)cc2)cc1.CCCCCSc1ccc(-c2ccc(C(=O)OCC)cc2)cc1. The van der Waals surface area contributed by atoms with E-state index in [1.54, 1.807) is 48.5 Å². The number of benzene rings is 10. The van der Waals surface area contributed by atoms with E-state index in [2.05, 4.69) is 156 Å². The molecule has 0 heterocycles. The van der Waals surface area contributed by atoms with Gasteiger partial charge in [0.25, 0.3) is 0 Å². The number of ether oxygens (including phenoxy) is 1. The zero-order valence-electron chi connectivity index (χ0n) is 71.2. The molecule has 0 saturated carbocycles. The minimum atomic E-state index is -0.888. The second-order valence-corrected chi connectivity index (χ2v) is 35.3. The quantitative estimate of drug-likeness (QED) is 0.0161. The fraction of sp³-hybridized carbons (Fsp3) is 0.375. The largest absolute Gasteiger partial charge is 0.478 e. The number of unbranched alkanes of at least 4 members (excludes halogenated alkanes) is 22. The molecule has 4 N–H and O–H groups in total. The maximum Gasteiger partial charge on any atom is 0.338 e. The van der Waals surface area contributed by atoms with Crippen molar-refractivity contribution in [3.05, 3.63) is 270 Å². The minimum absolute atomic E-state index is 0.266. The highest BCUT2D eigenvalue weighted by atomic mass is 32.2. The van der Waals surface area contributed by atoms with Crippen LogP contribution in [0.1, 0.15) is 267 Å². The molecule has 0 saturated heterocycles. The minimum Gasteiger partial charge on any atom is -0.478 e. The van der Waals surface area contributed by atoms with Crippen molar-refractivity contribution in [1.29, 1.82) is 0 Å². The van der Waals surface area contributed by atoms with Gasteiger partial charge in [0, 0.05) is 24.5 Å². The predicted octanol–water partition coefficient (Wildman–Crippen LogP) is 31.8. The van der Waals surface area contributed by atoms with Crippen molar-refractivity contribution >= 4 is 88.7 Å². The molecule has 119 heavy (non-hydrogen) atoms. The van der Waals surface area contributed by atoms with Crippen molar-refractivity contribution in [3.63, 3.8) is 0 Å². The van der Waals surface area contributed by atoms with Gasteiger partial charge in [0.1, 0.15) is 0 Å². The van der Waals surface area contributed by atoms with Crippen LogP contribution in [0.2, 0.25) is 0 Å². The number of carboxylic acids is 4. The molecule has 0 atom stereocenters. The average molecular weight is 1700 g/mol. The fourth-order valence-corrected chi connectivity index (χ4v) is 17.3. The van der Waals surface area contributed by atoms with Crippen LogP contribution in [0.3, 0.4) is 0 Å². The van der Waals surface area contributed by atoms with Crippen molar-refractivity contribution in [2.24, 2.45) is 0 Å². The molecular formula is C104H128O10S5. The Labute approximate surface area is 733 Å². The van der Waals surface area contributed by atoms with Crippen LogP contribution in [-0.4, -0.2) is 85.6 Å². The van der Waals surface area contributed by atoms with Gasteiger partial charge < -0.3 is 25.2 Å². The molecular weight excluding hydrogens is 1570 g/mol. The van der Waals surface area contributed by atoms with Gasteiger partial charge in [0.05, 0.1) is 34.4 Å². The van der Waals surface area contributed by atoms with E-state index in [0.29, 0.717) is 34.4 Å². The first-order chi connectivity index (χ1) is 58.1. The number of carbonyl (C=O) groups excluding carboxylic acids is 1. The van der Waals surface area contributed by atoms with Crippen molar-refractivity contribution in [2.45, 2.75) is 239 Å². The molecule has 0 amide bonds. The Bertz CT molecular complexity index is 4400. The Morgan fingerprint density at radius 2 is 0.345 bits per heavy atom. The van der Waals surface area contributed by atoms with Gasteiger partial charge in [-0.15, -0.1) is 58.8 Å². The number of hydrogen-bond donors (Lipinski definition) is 4. The Morgan fingerprint density at radius 1 is 0.202 bits per heavy atom. The normalized spacial score (nSPS) is 10.7. The molecule has 634 valence electrons. The maximum atomic E-state index is 11.7. The highest BCUT2D eigenvalue weighted by Gasteiger charge is 2.12. The number of rotatable bonds is 48. The molecule has 10 nitrogen and oxygen atoms in total. The molecule has 0 aliphatic heterocycles. The lowest BCUT2D eigenvalue weighted by Crippen LogP contribution is -2.03. The van der Waals surface area contributed by atoms with E-state index in [1.807, 2.05) is 139 Å². The third kappa shape index (κ3) is 40.5. The van der Waals surface area contributed by atoms with Crippen LogP contribution in [0, 0.1) is 0 Å². The van der Waals surface area contributed by atoms with E-state index >= 15 is 0 Å². The molecule has 0 aromatic heterocycles. The van der Waals surface area contributed by atoms with E-state index in [0.717, 1.165) is 50.1 Å². The van der Waals surface area contributed by atoms with Gasteiger partial charge in [-0.05, 0) is 245 Å². The summed E-state index contributed by atoms with van der Waals surface area (Å²) in [5.41, 5.74) is 12.8. The lowest BCUT2D eigenvalue weighted by molar-refractivity contribution is 0.0524. The van der Waals surface area contributed by atoms with Crippen LogP contribution < -0.4 is 0 Å². The monoisotopic (exact) mass is 1700 g/mol. The van der Waals surface area contributed by atoms with E-state index in [4.69, 9.17) is 25.2 Å². The molecule has 10 rings (SSSR count). The predicted molar refractivity (Wildman–Crippen MR) is 510 cm³/mol. The Kier molecular flexibility index (Phi) is 50.6. The summed E-state index contributed by atoms with van der Waals surface area (Å²) < 4.78 is 5.00. The van der Waals surface area contributed by atoms with Crippen LogP contribution >= 0.6 is 58.8 Å². The molecule has 10 aromatic rings. The number of hydrogen-bond acceptors (Lipinski definition) is 11. The van der Waals surface area contributed by atoms with E-state index < -0.39 is 23.9 Å². The highest BCUT2D eigenvalue weighted by Crippen LogP contribution is 2.32. The number of carboxylic acid groups (broad SMARTS) is 4. The smallest absolute Gasteiger partial charge is 0.338 e. The number of thioether (sulfide) groups is 5. The third-order valence-electron chi connectivity index (χ3n) is 19.9. The zero-order chi connectivity index (χ0) is 85.3. The number of aromatic carboxylic acids is 4.